The minimum Gasteiger partial charge on any atom is -0.491 e. The molecule has 1 N–H and O–H groups in total. The van der Waals surface area contributed by atoms with Crippen LogP contribution in [0, 0.1) is 0 Å². The van der Waals surface area contributed by atoms with Gasteiger partial charge in [0.2, 0.25) is 0 Å². The molecule has 0 amide bonds. The molecule has 1 heterocycles. The molecule has 0 aromatic carbocycles. The molecule has 0 fully saturated rings. The van der Waals surface area contributed by atoms with Gasteiger partial charge in [-0.05, 0) is 11.5 Å². The van der Waals surface area contributed by atoms with Crippen LogP contribution in [0.25, 0.3) is 0 Å². The summed E-state index contributed by atoms with van der Waals surface area (Å²) in [6.45, 7) is 0. The molecular formula is C2H2N2OS2. The van der Waals surface area contributed by atoms with Crippen LogP contribution in [0.3, 0.4) is 0 Å². The lowest BCUT2D eigenvalue weighted by atomic mass is 10.9. The normalized spacial score (nSPS) is 9.29. The molecule has 1 aromatic rings. The van der Waals surface area contributed by atoms with Crippen molar-refractivity contribution in [2.24, 2.45) is 0 Å². The van der Waals surface area contributed by atoms with Gasteiger partial charge in [0.15, 0.2) is 0 Å². The van der Waals surface area contributed by atoms with Crippen molar-refractivity contribution in [3.8, 4) is 5.88 Å². The summed E-state index contributed by atoms with van der Waals surface area (Å²) < 4.78 is 3.84. The highest BCUT2D eigenvalue weighted by molar-refractivity contribution is 7.82. The van der Waals surface area contributed by atoms with Crippen molar-refractivity contribution in [3.05, 3.63) is 0 Å². The summed E-state index contributed by atoms with van der Waals surface area (Å²) in [6, 6.07) is 0. The van der Waals surface area contributed by atoms with Gasteiger partial charge >= 0.3 is 0 Å². The monoisotopic (exact) mass is 134 g/mol. The molecule has 0 bridgehead atoms. The Kier molecular flexibility index (Phi) is 1.16. The Morgan fingerprint density at radius 2 is 2.43 bits per heavy atom. The van der Waals surface area contributed by atoms with E-state index in [2.05, 4.69) is 22.2 Å². The van der Waals surface area contributed by atoms with Gasteiger partial charge in [-0.15, -0.1) is 12.6 Å². The molecule has 1 aromatic heterocycles. The van der Waals surface area contributed by atoms with Gasteiger partial charge in [-0.2, -0.15) is 0 Å². The van der Waals surface area contributed by atoms with Gasteiger partial charge in [-0.25, -0.2) is 0 Å². The number of nitrogens with zero attached hydrogens (tertiary/aromatic N) is 2. The van der Waals surface area contributed by atoms with Crippen LogP contribution < -0.4 is 0 Å². The molecule has 0 radical (unpaired) electrons. The summed E-state index contributed by atoms with van der Waals surface area (Å²) in [7, 11) is 0. The lowest BCUT2D eigenvalue weighted by Crippen LogP contribution is -1.60. The maximum atomic E-state index is 8.52. The van der Waals surface area contributed by atoms with Gasteiger partial charge in [-0.3, -0.25) is 0 Å². The molecule has 3 nitrogen and oxygen atoms in total. The number of thiol groups is 1. The van der Waals surface area contributed by atoms with E-state index in [0.29, 0.717) is 4.21 Å². The number of rotatable bonds is 0. The number of hydrogen-bond donors (Lipinski definition) is 2. The van der Waals surface area contributed by atoms with Crippen LogP contribution in [0.5, 0.6) is 5.88 Å². The standard InChI is InChI=1S/C2H2N2OS2/c5-1-2(6)7-4-3-1/h5-6H. The van der Waals surface area contributed by atoms with E-state index in [4.69, 9.17) is 5.11 Å². The Hall–Kier alpha value is -0.290. The molecule has 0 saturated carbocycles. The highest BCUT2D eigenvalue weighted by Crippen LogP contribution is 2.19. The van der Waals surface area contributed by atoms with Crippen LogP contribution in [-0.2, 0) is 0 Å². The molecule has 5 heteroatoms. The summed E-state index contributed by atoms with van der Waals surface area (Å²) in [5.41, 5.74) is 0. The van der Waals surface area contributed by atoms with Crippen LogP contribution in [-0.4, -0.2) is 14.7 Å². The zero-order valence-corrected chi connectivity index (χ0v) is 4.91. The second-order valence-electron chi connectivity index (χ2n) is 0.902. The van der Waals surface area contributed by atoms with Crippen molar-refractivity contribution >= 4 is 24.2 Å². The Morgan fingerprint density at radius 3 is 2.57 bits per heavy atom. The Bertz CT molecular complexity index is 146. The number of aromatic hydroxyl groups is 1. The lowest BCUT2D eigenvalue weighted by molar-refractivity contribution is 0.441. The summed E-state index contributed by atoms with van der Waals surface area (Å²) in [5, 5.41) is 11.8. The fourth-order valence-electron chi connectivity index (χ4n) is 0.181. The van der Waals surface area contributed by atoms with Gasteiger partial charge in [0.05, 0.1) is 0 Å². The Morgan fingerprint density at radius 1 is 1.71 bits per heavy atom. The molecule has 0 unspecified atom stereocenters. The molecule has 0 aliphatic heterocycles. The van der Waals surface area contributed by atoms with Crippen LogP contribution in [0.15, 0.2) is 4.21 Å². The predicted molar refractivity (Wildman–Crippen MR) is 28.8 cm³/mol. The number of hydrogen-bond acceptors (Lipinski definition) is 5. The average molecular weight is 134 g/mol. The third-order valence-corrected chi connectivity index (χ3v) is 1.42. The average Bonchev–Trinajstić information content (AvgIpc) is 1.91. The van der Waals surface area contributed by atoms with E-state index in [0.717, 1.165) is 11.5 Å². The molecule has 38 valence electrons. The fraction of sp³-hybridized carbons (Fsp3) is 0. The first-order valence-corrected chi connectivity index (χ1v) is 2.73. The van der Waals surface area contributed by atoms with Crippen molar-refractivity contribution in [1.29, 1.82) is 0 Å². The first-order chi connectivity index (χ1) is 3.30. The van der Waals surface area contributed by atoms with Gasteiger partial charge in [-0.1, -0.05) is 9.59 Å². The summed E-state index contributed by atoms with van der Waals surface area (Å²) in [6.07, 6.45) is 0. The summed E-state index contributed by atoms with van der Waals surface area (Å²) >= 11 is 4.85. The molecule has 0 aliphatic rings. The molecule has 1 rings (SSSR count). The van der Waals surface area contributed by atoms with Gasteiger partial charge in [0.25, 0.3) is 5.88 Å². The first-order valence-electron chi connectivity index (χ1n) is 1.51. The van der Waals surface area contributed by atoms with Gasteiger partial charge in [0.1, 0.15) is 4.21 Å². The summed E-state index contributed by atoms with van der Waals surface area (Å²) in [4.78, 5) is 0. The minimum absolute atomic E-state index is 0.0895. The van der Waals surface area contributed by atoms with Crippen molar-refractivity contribution in [1.82, 2.24) is 9.59 Å². The van der Waals surface area contributed by atoms with E-state index in [1.807, 2.05) is 0 Å². The molecule has 0 saturated heterocycles. The second kappa shape index (κ2) is 1.67. The second-order valence-corrected chi connectivity index (χ2v) is 2.41. The van der Waals surface area contributed by atoms with Gasteiger partial charge in [0, 0.05) is 0 Å². The zero-order valence-electron chi connectivity index (χ0n) is 3.20. The fourth-order valence-corrected chi connectivity index (χ4v) is 0.654. The highest BCUT2D eigenvalue weighted by atomic mass is 32.2. The van der Waals surface area contributed by atoms with Crippen LogP contribution in [0.1, 0.15) is 0 Å². The van der Waals surface area contributed by atoms with Gasteiger partial charge < -0.3 is 5.11 Å². The molecule has 0 atom stereocenters. The van der Waals surface area contributed by atoms with E-state index in [9.17, 15) is 0 Å². The van der Waals surface area contributed by atoms with Crippen molar-refractivity contribution in [2.75, 3.05) is 0 Å². The van der Waals surface area contributed by atoms with Crippen LogP contribution in [0.2, 0.25) is 0 Å². The molecule has 0 spiro atoms. The quantitative estimate of drug-likeness (QED) is 0.509. The topological polar surface area (TPSA) is 46.0 Å². The molecule has 7 heavy (non-hydrogen) atoms. The predicted octanol–water partition coefficient (Wildman–Crippen LogP) is 0.532. The van der Waals surface area contributed by atoms with Crippen molar-refractivity contribution in [2.45, 2.75) is 4.21 Å². The maximum absolute atomic E-state index is 8.52. The highest BCUT2D eigenvalue weighted by Gasteiger charge is 1.96. The van der Waals surface area contributed by atoms with E-state index in [-0.39, 0.29) is 5.88 Å². The lowest BCUT2D eigenvalue weighted by Gasteiger charge is -1.73. The smallest absolute Gasteiger partial charge is 0.257 e. The molecule has 0 aliphatic carbocycles. The Labute approximate surface area is 49.6 Å². The van der Waals surface area contributed by atoms with E-state index < -0.39 is 0 Å². The maximum Gasteiger partial charge on any atom is 0.257 e. The van der Waals surface area contributed by atoms with Crippen molar-refractivity contribution < 1.29 is 5.11 Å². The van der Waals surface area contributed by atoms with Crippen LogP contribution in [0.4, 0.5) is 0 Å². The zero-order chi connectivity index (χ0) is 5.28. The van der Waals surface area contributed by atoms with E-state index in [1.54, 1.807) is 0 Å². The summed E-state index contributed by atoms with van der Waals surface area (Å²) in [5.74, 6) is -0.0895. The van der Waals surface area contributed by atoms with Crippen LogP contribution >= 0.6 is 24.2 Å². The van der Waals surface area contributed by atoms with Crippen molar-refractivity contribution in [3.63, 3.8) is 0 Å². The SMILES string of the molecule is Oc1nnsc1S. The number of aromatic nitrogens is 2. The molecular weight excluding hydrogens is 132 g/mol. The largest absolute Gasteiger partial charge is 0.491 e. The van der Waals surface area contributed by atoms with E-state index >= 15 is 0 Å². The third kappa shape index (κ3) is 0.834. The van der Waals surface area contributed by atoms with E-state index in [1.165, 1.54) is 0 Å². The first kappa shape index (κ1) is 4.86. The minimum atomic E-state index is -0.0895. The Balaban J connectivity index is 3.12. The third-order valence-electron chi connectivity index (χ3n) is 0.454.